The van der Waals surface area contributed by atoms with Crippen LogP contribution in [0.4, 0.5) is 0 Å². The number of rotatable bonds is 4. The molecular formula is C16H19N5O2. The number of nitrogens with zero attached hydrogens (tertiary/aromatic N) is 4. The second-order valence-corrected chi connectivity index (χ2v) is 6.43. The van der Waals surface area contributed by atoms with Crippen LogP contribution in [0.15, 0.2) is 18.5 Å². The van der Waals surface area contributed by atoms with Crippen LogP contribution in [0.3, 0.4) is 0 Å². The van der Waals surface area contributed by atoms with Crippen LogP contribution in [-0.4, -0.2) is 35.6 Å². The molecule has 3 heterocycles. The van der Waals surface area contributed by atoms with Crippen molar-refractivity contribution in [3.8, 4) is 0 Å². The minimum Gasteiger partial charge on any atom is -0.481 e. The number of aliphatic carboxylic acids is 1. The van der Waals surface area contributed by atoms with Gasteiger partial charge in [-0.1, -0.05) is 13.3 Å². The number of aromatic nitrogens is 5. The summed E-state index contributed by atoms with van der Waals surface area (Å²) in [5.74, 6) is 1.15. The zero-order valence-corrected chi connectivity index (χ0v) is 12.9. The average molecular weight is 313 g/mol. The quantitative estimate of drug-likeness (QED) is 0.771. The summed E-state index contributed by atoms with van der Waals surface area (Å²) in [6, 6.07) is 1.98. The first-order chi connectivity index (χ1) is 11.2. The van der Waals surface area contributed by atoms with Gasteiger partial charge in [-0.15, -0.1) is 10.2 Å². The van der Waals surface area contributed by atoms with Gasteiger partial charge in [-0.05, 0) is 30.7 Å². The molecule has 3 aromatic rings. The molecule has 0 unspecified atom stereocenters. The van der Waals surface area contributed by atoms with E-state index >= 15 is 0 Å². The van der Waals surface area contributed by atoms with Gasteiger partial charge in [0.05, 0.1) is 11.7 Å². The Morgan fingerprint density at radius 1 is 1.43 bits per heavy atom. The van der Waals surface area contributed by atoms with Gasteiger partial charge in [-0.2, -0.15) is 0 Å². The highest BCUT2D eigenvalue weighted by atomic mass is 16.4. The predicted molar refractivity (Wildman–Crippen MR) is 84.1 cm³/mol. The van der Waals surface area contributed by atoms with Gasteiger partial charge in [0.25, 0.3) is 0 Å². The molecule has 0 spiro atoms. The molecule has 3 atom stereocenters. The summed E-state index contributed by atoms with van der Waals surface area (Å²) >= 11 is 0. The lowest BCUT2D eigenvalue weighted by atomic mass is 9.93. The SMILES string of the molecule is CC[C@@H]1C[C@H](CC(=O)O)C[C@@H]1c1nnc2cnc3[nH]ccc3n12. The van der Waals surface area contributed by atoms with Crippen LogP contribution in [0, 0.1) is 11.8 Å². The molecule has 1 aliphatic rings. The van der Waals surface area contributed by atoms with Crippen LogP contribution in [-0.2, 0) is 4.79 Å². The van der Waals surface area contributed by atoms with Crippen LogP contribution < -0.4 is 0 Å². The minimum atomic E-state index is -0.714. The molecule has 0 radical (unpaired) electrons. The first kappa shape index (κ1) is 14.2. The van der Waals surface area contributed by atoms with Crippen molar-refractivity contribution < 1.29 is 9.90 Å². The normalized spacial score (nSPS) is 24.7. The molecule has 7 heteroatoms. The van der Waals surface area contributed by atoms with Crippen molar-refractivity contribution in [2.24, 2.45) is 11.8 Å². The van der Waals surface area contributed by atoms with Crippen LogP contribution in [0.5, 0.6) is 0 Å². The molecule has 0 saturated heterocycles. The fourth-order valence-electron chi connectivity index (χ4n) is 4.06. The lowest BCUT2D eigenvalue weighted by molar-refractivity contribution is -0.138. The largest absolute Gasteiger partial charge is 0.481 e. The van der Waals surface area contributed by atoms with E-state index in [9.17, 15) is 4.79 Å². The average Bonchev–Trinajstić information content (AvgIpc) is 3.22. The fourth-order valence-corrected chi connectivity index (χ4v) is 4.06. The Bertz CT molecular complexity index is 868. The number of carbonyl (C=O) groups is 1. The zero-order valence-electron chi connectivity index (χ0n) is 12.9. The Kier molecular flexibility index (Phi) is 3.28. The van der Waals surface area contributed by atoms with Gasteiger partial charge in [-0.3, -0.25) is 9.20 Å². The van der Waals surface area contributed by atoms with Gasteiger partial charge in [0.1, 0.15) is 5.82 Å². The van der Waals surface area contributed by atoms with Crippen LogP contribution in [0.2, 0.25) is 0 Å². The number of fused-ring (bicyclic) bond motifs is 3. The van der Waals surface area contributed by atoms with E-state index in [1.165, 1.54) is 0 Å². The van der Waals surface area contributed by atoms with Gasteiger partial charge in [0.2, 0.25) is 0 Å². The van der Waals surface area contributed by atoms with E-state index < -0.39 is 5.97 Å². The molecule has 7 nitrogen and oxygen atoms in total. The lowest BCUT2D eigenvalue weighted by Crippen LogP contribution is -2.09. The maximum absolute atomic E-state index is 11.1. The molecule has 2 N–H and O–H groups in total. The van der Waals surface area contributed by atoms with Gasteiger partial charge in [0.15, 0.2) is 11.3 Å². The molecule has 3 aromatic heterocycles. The Hall–Kier alpha value is -2.44. The molecular weight excluding hydrogens is 294 g/mol. The smallest absolute Gasteiger partial charge is 0.303 e. The van der Waals surface area contributed by atoms with Crippen LogP contribution in [0.1, 0.15) is 44.3 Å². The summed E-state index contributed by atoms with van der Waals surface area (Å²) in [7, 11) is 0. The minimum absolute atomic E-state index is 0.221. The monoisotopic (exact) mass is 313 g/mol. The number of nitrogens with one attached hydrogen (secondary N) is 1. The van der Waals surface area contributed by atoms with E-state index in [0.717, 1.165) is 41.9 Å². The van der Waals surface area contributed by atoms with Crippen molar-refractivity contribution in [2.45, 2.75) is 38.5 Å². The number of aromatic amines is 1. The predicted octanol–water partition coefficient (Wildman–Crippen LogP) is 2.60. The molecule has 1 fully saturated rings. The zero-order chi connectivity index (χ0) is 16.0. The topological polar surface area (TPSA) is 96.2 Å². The Morgan fingerprint density at radius 3 is 3.09 bits per heavy atom. The molecule has 4 rings (SSSR count). The molecule has 0 amide bonds. The van der Waals surface area contributed by atoms with E-state index in [1.807, 2.05) is 12.3 Å². The maximum Gasteiger partial charge on any atom is 0.303 e. The van der Waals surface area contributed by atoms with Crippen molar-refractivity contribution in [1.29, 1.82) is 0 Å². The van der Waals surface area contributed by atoms with Gasteiger partial charge < -0.3 is 10.1 Å². The second kappa shape index (κ2) is 5.33. The summed E-state index contributed by atoms with van der Waals surface area (Å²) in [5, 5.41) is 17.8. The molecule has 23 heavy (non-hydrogen) atoms. The van der Waals surface area contributed by atoms with Crippen molar-refractivity contribution in [2.75, 3.05) is 0 Å². The highest BCUT2D eigenvalue weighted by Gasteiger charge is 2.37. The van der Waals surface area contributed by atoms with Gasteiger partial charge >= 0.3 is 5.97 Å². The number of carboxylic acids is 1. The number of hydrogen-bond donors (Lipinski definition) is 2. The summed E-state index contributed by atoms with van der Waals surface area (Å²) in [5.41, 5.74) is 2.52. The highest BCUT2D eigenvalue weighted by molar-refractivity contribution is 5.74. The highest BCUT2D eigenvalue weighted by Crippen LogP contribution is 2.45. The van der Waals surface area contributed by atoms with Crippen molar-refractivity contribution in [1.82, 2.24) is 24.6 Å². The van der Waals surface area contributed by atoms with Crippen molar-refractivity contribution in [3.05, 3.63) is 24.3 Å². The summed E-state index contributed by atoms with van der Waals surface area (Å²) < 4.78 is 2.06. The Balaban J connectivity index is 1.78. The Labute approximate surface area is 132 Å². The molecule has 0 bridgehead atoms. The lowest BCUT2D eigenvalue weighted by Gasteiger charge is -2.16. The summed E-state index contributed by atoms with van der Waals surface area (Å²) in [4.78, 5) is 18.5. The van der Waals surface area contributed by atoms with E-state index in [2.05, 4.69) is 31.5 Å². The Morgan fingerprint density at radius 2 is 2.30 bits per heavy atom. The standard InChI is InChI=1S/C16H19N5O2/c1-2-10-5-9(7-14(22)23)6-11(10)16-20-19-13-8-18-15-12(21(13)16)3-4-17-15/h3-4,8-11,17H,2,5-7H2,1H3,(H,22,23)/t9-,10+,11-/m0/s1. The number of hydrogen-bond acceptors (Lipinski definition) is 4. The molecule has 1 saturated carbocycles. The van der Waals surface area contributed by atoms with E-state index in [4.69, 9.17) is 5.11 Å². The number of H-pyrrole nitrogens is 1. The molecule has 1 aliphatic carbocycles. The fraction of sp³-hybridized carbons (Fsp3) is 0.500. The third-order valence-electron chi connectivity index (χ3n) is 5.08. The number of carboxylic acid groups (broad SMARTS) is 1. The van der Waals surface area contributed by atoms with Gasteiger partial charge in [0, 0.05) is 18.5 Å². The van der Waals surface area contributed by atoms with Crippen LogP contribution >= 0.6 is 0 Å². The first-order valence-corrected chi connectivity index (χ1v) is 8.06. The second-order valence-electron chi connectivity index (χ2n) is 6.43. The molecule has 0 aliphatic heterocycles. The maximum atomic E-state index is 11.1. The van der Waals surface area contributed by atoms with E-state index in [-0.39, 0.29) is 18.3 Å². The van der Waals surface area contributed by atoms with Crippen molar-refractivity contribution >= 4 is 22.8 Å². The molecule has 0 aromatic carbocycles. The summed E-state index contributed by atoms with van der Waals surface area (Å²) in [6.45, 7) is 2.16. The van der Waals surface area contributed by atoms with Gasteiger partial charge in [-0.25, -0.2) is 4.98 Å². The van der Waals surface area contributed by atoms with Crippen LogP contribution in [0.25, 0.3) is 16.8 Å². The van der Waals surface area contributed by atoms with E-state index in [1.54, 1.807) is 6.20 Å². The third-order valence-corrected chi connectivity index (χ3v) is 5.08. The third kappa shape index (κ3) is 2.27. The van der Waals surface area contributed by atoms with Crippen molar-refractivity contribution in [3.63, 3.8) is 0 Å². The molecule has 120 valence electrons. The summed E-state index contributed by atoms with van der Waals surface area (Å²) in [6.07, 6.45) is 6.66. The first-order valence-electron chi connectivity index (χ1n) is 8.06. The van der Waals surface area contributed by atoms with E-state index in [0.29, 0.717) is 5.92 Å².